The van der Waals surface area contributed by atoms with Crippen LogP contribution in [0, 0.1) is 15.9 Å². The van der Waals surface area contributed by atoms with E-state index in [1.54, 1.807) is 12.1 Å². The molecule has 1 heterocycles. The first-order valence-corrected chi connectivity index (χ1v) is 7.69. The number of nitrogens with zero attached hydrogens (tertiary/aromatic N) is 5. The van der Waals surface area contributed by atoms with Crippen molar-refractivity contribution in [3.05, 3.63) is 70.3 Å². The van der Waals surface area contributed by atoms with E-state index in [-0.39, 0.29) is 24.7 Å². The molecule has 27 heavy (non-hydrogen) atoms. The summed E-state index contributed by atoms with van der Waals surface area (Å²) in [7, 11) is 0. The summed E-state index contributed by atoms with van der Waals surface area (Å²) in [4.78, 5) is 22.9. The smallest absolute Gasteiger partial charge is 0.306 e. The number of nitro groups is 1. The van der Waals surface area contributed by atoms with Crippen molar-refractivity contribution in [2.24, 2.45) is 0 Å². The number of aromatic nitrogens is 4. The van der Waals surface area contributed by atoms with E-state index in [9.17, 15) is 19.3 Å². The van der Waals surface area contributed by atoms with Gasteiger partial charge in [-0.15, -0.1) is 10.2 Å². The van der Waals surface area contributed by atoms with Gasteiger partial charge in [-0.3, -0.25) is 14.9 Å². The fourth-order valence-electron chi connectivity index (χ4n) is 2.13. The monoisotopic (exact) mass is 372 g/mol. The number of carbonyl (C=O) groups excluding carboxylic acids is 1. The normalized spacial score (nSPS) is 10.4. The molecule has 1 N–H and O–H groups in total. The third-order valence-corrected chi connectivity index (χ3v) is 3.32. The number of anilines is 1. The van der Waals surface area contributed by atoms with Crippen molar-refractivity contribution in [3.63, 3.8) is 0 Å². The summed E-state index contributed by atoms with van der Waals surface area (Å²) in [5, 5.41) is 24.7. The van der Waals surface area contributed by atoms with Crippen LogP contribution in [0.4, 0.5) is 15.8 Å². The molecule has 10 nitrogen and oxygen atoms in total. The lowest BCUT2D eigenvalue weighted by atomic mass is 10.2. The highest BCUT2D eigenvalue weighted by atomic mass is 19.1. The average Bonchev–Trinajstić information content (AvgIpc) is 3.09. The fraction of sp³-hybridized carbons (Fsp3) is 0.125. The van der Waals surface area contributed by atoms with Gasteiger partial charge in [0.2, 0.25) is 17.5 Å². The molecule has 3 rings (SSSR count). The Morgan fingerprint density at radius 2 is 2.04 bits per heavy atom. The molecule has 1 amide bonds. The van der Waals surface area contributed by atoms with Crippen LogP contribution in [-0.4, -0.2) is 31.0 Å². The minimum Gasteiger partial charge on any atom is -0.485 e. The number of rotatable bonds is 7. The summed E-state index contributed by atoms with van der Waals surface area (Å²) < 4.78 is 18.8. The molecule has 0 bridgehead atoms. The Morgan fingerprint density at radius 3 is 2.78 bits per heavy atom. The summed E-state index contributed by atoms with van der Waals surface area (Å²) >= 11 is 0. The van der Waals surface area contributed by atoms with E-state index in [2.05, 4.69) is 20.7 Å². The van der Waals surface area contributed by atoms with Gasteiger partial charge in [0.1, 0.15) is 12.3 Å². The van der Waals surface area contributed by atoms with Crippen LogP contribution >= 0.6 is 0 Å². The predicted molar refractivity (Wildman–Crippen MR) is 90.3 cm³/mol. The highest BCUT2D eigenvalue weighted by Crippen LogP contribution is 2.21. The van der Waals surface area contributed by atoms with Gasteiger partial charge in [-0.2, -0.15) is 9.19 Å². The zero-order chi connectivity index (χ0) is 19.2. The van der Waals surface area contributed by atoms with Crippen LogP contribution in [0.1, 0.15) is 5.82 Å². The standard InChI is InChI=1S/C16H13FN6O4/c17-13-7-6-11(8-14(13)23(25)26)18-16(24)9-22-20-15(19-21-22)10-27-12-4-2-1-3-5-12/h1-8H,9-10H2,(H,18,24). The van der Waals surface area contributed by atoms with Crippen LogP contribution < -0.4 is 10.1 Å². The number of carbonyl (C=O) groups is 1. The number of nitro benzene ring substituents is 1. The molecule has 0 radical (unpaired) electrons. The van der Waals surface area contributed by atoms with Gasteiger partial charge in [0, 0.05) is 11.8 Å². The van der Waals surface area contributed by atoms with Gasteiger partial charge in [0.05, 0.1) is 4.92 Å². The van der Waals surface area contributed by atoms with Crippen molar-refractivity contribution >= 4 is 17.3 Å². The number of para-hydroxylation sites is 1. The molecule has 0 unspecified atom stereocenters. The number of amides is 1. The molecule has 2 aromatic carbocycles. The molecule has 0 aliphatic rings. The molecule has 0 aliphatic heterocycles. The summed E-state index contributed by atoms with van der Waals surface area (Å²) in [6.07, 6.45) is 0. The van der Waals surface area contributed by atoms with Gasteiger partial charge in [-0.25, -0.2) is 0 Å². The molecule has 3 aromatic rings. The lowest BCUT2D eigenvalue weighted by Gasteiger charge is -2.04. The Kier molecular flexibility index (Phi) is 5.30. The first-order valence-electron chi connectivity index (χ1n) is 7.69. The Labute approximate surface area is 151 Å². The number of nitrogens with one attached hydrogen (secondary N) is 1. The Balaban J connectivity index is 1.56. The fourth-order valence-corrected chi connectivity index (χ4v) is 2.13. The highest BCUT2D eigenvalue weighted by molar-refractivity contribution is 5.90. The van der Waals surface area contributed by atoms with E-state index in [1.807, 2.05) is 18.2 Å². The van der Waals surface area contributed by atoms with Gasteiger partial charge in [0.25, 0.3) is 0 Å². The van der Waals surface area contributed by atoms with E-state index in [0.717, 1.165) is 16.9 Å². The van der Waals surface area contributed by atoms with E-state index in [4.69, 9.17) is 4.74 Å². The third-order valence-electron chi connectivity index (χ3n) is 3.32. The zero-order valence-corrected chi connectivity index (χ0v) is 13.8. The van der Waals surface area contributed by atoms with E-state index < -0.39 is 22.3 Å². The molecular weight excluding hydrogens is 359 g/mol. The SMILES string of the molecule is O=C(Cn1nnc(COc2ccccc2)n1)Nc1ccc(F)c([N+](=O)[O-])c1. The Bertz CT molecular complexity index is 963. The van der Waals surface area contributed by atoms with Crippen LogP contribution in [0.5, 0.6) is 5.75 Å². The van der Waals surface area contributed by atoms with Gasteiger partial charge >= 0.3 is 5.69 Å². The molecule has 138 valence electrons. The van der Waals surface area contributed by atoms with Gasteiger partial charge in [-0.05, 0) is 29.5 Å². The molecule has 0 fully saturated rings. The first-order chi connectivity index (χ1) is 13.0. The summed E-state index contributed by atoms with van der Waals surface area (Å²) in [6, 6.07) is 12.1. The largest absolute Gasteiger partial charge is 0.485 e. The molecule has 0 saturated carbocycles. The number of tetrazole rings is 1. The maximum absolute atomic E-state index is 13.3. The molecule has 11 heteroatoms. The summed E-state index contributed by atoms with van der Waals surface area (Å²) in [5.41, 5.74) is -0.645. The molecule has 0 spiro atoms. The number of benzene rings is 2. The van der Waals surface area contributed by atoms with E-state index in [1.165, 1.54) is 6.07 Å². The van der Waals surface area contributed by atoms with E-state index in [0.29, 0.717) is 5.75 Å². The Hall–Kier alpha value is -3.89. The Morgan fingerprint density at radius 1 is 1.26 bits per heavy atom. The summed E-state index contributed by atoms with van der Waals surface area (Å²) in [6.45, 7) is -0.195. The van der Waals surface area contributed by atoms with Crippen molar-refractivity contribution < 1.29 is 18.8 Å². The third kappa shape index (κ3) is 4.81. The number of halogens is 1. The predicted octanol–water partition coefficient (Wildman–Crippen LogP) is 1.94. The molecule has 1 aromatic heterocycles. The first kappa shape index (κ1) is 17.9. The van der Waals surface area contributed by atoms with Crippen LogP contribution in [0.25, 0.3) is 0 Å². The molecule has 0 saturated heterocycles. The number of ether oxygens (including phenoxy) is 1. The van der Waals surface area contributed by atoms with E-state index >= 15 is 0 Å². The quantitative estimate of drug-likeness (QED) is 0.496. The summed E-state index contributed by atoms with van der Waals surface area (Å²) in [5.74, 6) is -0.614. The topological polar surface area (TPSA) is 125 Å². The van der Waals surface area contributed by atoms with Crippen LogP contribution in [0.15, 0.2) is 48.5 Å². The van der Waals surface area contributed by atoms with Crippen molar-refractivity contribution in [2.45, 2.75) is 13.2 Å². The van der Waals surface area contributed by atoms with Crippen molar-refractivity contribution in [1.29, 1.82) is 0 Å². The molecule has 0 atom stereocenters. The van der Waals surface area contributed by atoms with Gasteiger partial charge in [0.15, 0.2) is 6.61 Å². The van der Waals surface area contributed by atoms with Gasteiger partial charge in [-0.1, -0.05) is 18.2 Å². The van der Waals surface area contributed by atoms with Crippen molar-refractivity contribution in [2.75, 3.05) is 5.32 Å². The number of hydrogen-bond acceptors (Lipinski definition) is 7. The second kappa shape index (κ2) is 7.99. The maximum atomic E-state index is 13.3. The van der Waals surface area contributed by atoms with Crippen LogP contribution in [0.3, 0.4) is 0 Å². The van der Waals surface area contributed by atoms with Crippen molar-refractivity contribution in [3.8, 4) is 5.75 Å². The second-order valence-corrected chi connectivity index (χ2v) is 5.31. The number of hydrogen-bond donors (Lipinski definition) is 1. The second-order valence-electron chi connectivity index (χ2n) is 5.31. The van der Waals surface area contributed by atoms with Crippen LogP contribution in [-0.2, 0) is 17.9 Å². The molecule has 0 aliphatic carbocycles. The zero-order valence-electron chi connectivity index (χ0n) is 13.8. The lowest BCUT2D eigenvalue weighted by Crippen LogP contribution is -2.20. The van der Waals surface area contributed by atoms with Crippen molar-refractivity contribution in [1.82, 2.24) is 20.2 Å². The maximum Gasteiger partial charge on any atom is 0.306 e. The average molecular weight is 372 g/mol. The highest BCUT2D eigenvalue weighted by Gasteiger charge is 2.16. The van der Waals surface area contributed by atoms with Crippen LogP contribution in [0.2, 0.25) is 0 Å². The minimum atomic E-state index is -0.987. The molecular formula is C16H13FN6O4. The lowest BCUT2D eigenvalue weighted by molar-refractivity contribution is -0.387. The van der Waals surface area contributed by atoms with Gasteiger partial charge < -0.3 is 10.1 Å². The minimum absolute atomic E-state index is 0.0792.